The maximum Gasteiger partial charge on any atom is 0.320 e. The number of aliphatic hydroxyl groups is 1. The Morgan fingerprint density at radius 1 is 1.45 bits per heavy atom. The second-order valence-electron chi connectivity index (χ2n) is 5.25. The minimum atomic E-state index is -1.09. The van der Waals surface area contributed by atoms with Gasteiger partial charge in [-0.15, -0.1) is 0 Å². The molecule has 5 nitrogen and oxygen atoms in total. The van der Waals surface area contributed by atoms with E-state index in [1.54, 1.807) is 12.1 Å². The Labute approximate surface area is 117 Å². The van der Waals surface area contributed by atoms with Crippen LogP contribution in [0.3, 0.4) is 0 Å². The third-order valence-electron chi connectivity index (χ3n) is 3.46. The number of ether oxygens (including phenoxy) is 1. The van der Waals surface area contributed by atoms with Crippen molar-refractivity contribution in [3.63, 3.8) is 0 Å². The molecule has 1 aliphatic heterocycles. The number of halogens is 1. The Bertz CT molecular complexity index is 492. The van der Waals surface area contributed by atoms with E-state index in [4.69, 9.17) is 4.74 Å². The molecule has 0 bridgehead atoms. The van der Waals surface area contributed by atoms with E-state index >= 15 is 0 Å². The fraction of sp³-hybridized carbons (Fsp3) is 0.500. The van der Waals surface area contributed by atoms with Crippen LogP contribution in [0.2, 0.25) is 0 Å². The molecule has 6 heteroatoms. The first-order valence-corrected chi connectivity index (χ1v) is 6.47. The van der Waals surface area contributed by atoms with E-state index in [1.165, 1.54) is 24.1 Å². The van der Waals surface area contributed by atoms with E-state index in [0.29, 0.717) is 5.56 Å². The molecule has 1 aromatic carbocycles. The van der Waals surface area contributed by atoms with Crippen molar-refractivity contribution in [3.8, 4) is 0 Å². The van der Waals surface area contributed by atoms with E-state index in [1.807, 2.05) is 13.8 Å². The first-order valence-electron chi connectivity index (χ1n) is 6.47. The molecule has 0 aromatic heterocycles. The number of rotatable bonds is 4. The average molecular weight is 282 g/mol. The van der Waals surface area contributed by atoms with Crippen molar-refractivity contribution in [2.24, 2.45) is 0 Å². The number of aliphatic hydroxyl groups excluding tert-OH is 1. The van der Waals surface area contributed by atoms with Gasteiger partial charge in [-0.3, -0.25) is 4.90 Å². The van der Waals surface area contributed by atoms with Crippen molar-refractivity contribution in [1.82, 2.24) is 10.2 Å². The monoisotopic (exact) mass is 282 g/mol. The van der Waals surface area contributed by atoms with Crippen molar-refractivity contribution >= 4 is 6.03 Å². The van der Waals surface area contributed by atoms with Gasteiger partial charge in [-0.2, -0.15) is 0 Å². The molecule has 0 spiro atoms. The van der Waals surface area contributed by atoms with Gasteiger partial charge in [0.1, 0.15) is 11.4 Å². The van der Waals surface area contributed by atoms with Gasteiger partial charge >= 0.3 is 6.03 Å². The number of hydrogen-bond donors (Lipinski definition) is 2. The van der Waals surface area contributed by atoms with Crippen LogP contribution in [0.5, 0.6) is 0 Å². The van der Waals surface area contributed by atoms with Gasteiger partial charge in [0.15, 0.2) is 6.23 Å². The largest absolute Gasteiger partial charge is 0.376 e. The van der Waals surface area contributed by atoms with Gasteiger partial charge in [0, 0.05) is 7.05 Å². The first kappa shape index (κ1) is 14.7. The molecule has 1 unspecified atom stereocenters. The molecule has 1 aliphatic rings. The summed E-state index contributed by atoms with van der Waals surface area (Å²) in [5, 5.41) is 13.1. The van der Waals surface area contributed by atoms with Crippen molar-refractivity contribution in [2.75, 3.05) is 13.7 Å². The van der Waals surface area contributed by atoms with Crippen LogP contribution in [0.25, 0.3) is 0 Å². The molecule has 1 aromatic rings. The summed E-state index contributed by atoms with van der Waals surface area (Å²) in [7, 11) is 1.50. The van der Waals surface area contributed by atoms with Gasteiger partial charge in [0.2, 0.25) is 0 Å². The number of carbonyl (C=O) groups excluding carboxylic acids is 1. The fourth-order valence-electron chi connectivity index (χ4n) is 2.25. The van der Waals surface area contributed by atoms with Crippen LogP contribution >= 0.6 is 0 Å². The van der Waals surface area contributed by atoms with Gasteiger partial charge < -0.3 is 15.2 Å². The smallest absolute Gasteiger partial charge is 0.320 e. The molecular weight excluding hydrogens is 263 g/mol. The molecule has 0 radical (unpaired) electrons. The van der Waals surface area contributed by atoms with Crippen LogP contribution in [-0.4, -0.2) is 42.0 Å². The van der Waals surface area contributed by atoms with Gasteiger partial charge in [-0.05, 0) is 31.5 Å². The number of carbonyl (C=O) groups is 1. The molecular formula is C14H19FN2O3. The van der Waals surface area contributed by atoms with Gasteiger partial charge in [-0.25, -0.2) is 9.18 Å². The third kappa shape index (κ3) is 2.48. The Morgan fingerprint density at radius 2 is 2.05 bits per heavy atom. The molecule has 2 N–H and O–H groups in total. The van der Waals surface area contributed by atoms with E-state index in [2.05, 4.69) is 5.32 Å². The number of likely N-dealkylation sites (N-methyl/N-ethyl adjacent to an activating group) is 1. The summed E-state index contributed by atoms with van der Waals surface area (Å²) in [6, 6.07) is 5.28. The molecule has 2 amide bonds. The molecule has 20 heavy (non-hydrogen) atoms. The summed E-state index contributed by atoms with van der Waals surface area (Å²) in [5.74, 6) is -0.374. The predicted octanol–water partition coefficient (Wildman–Crippen LogP) is 1.42. The fourth-order valence-corrected chi connectivity index (χ4v) is 2.25. The first-order chi connectivity index (χ1) is 9.36. The minimum Gasteiger partial charge on any atom is -0.376 e. The van der Waals surface area contributed by atoms with Crippen LogP contribution in [0.1, 0.15) is 19.4 Å². The molecule has 1 saturated heterocycles. The highest BCUT2D eigenvalue weighted by Crippen LogP contribution is 2.32. The summed E-state index contributed by atoms with van der Waals surface area (Å²) in [4.78, 5) is 13.0. The summed E-state index contributed by atoms with van der Waals surface area (Å²) in [6.07, 6.45) is -1.14. The summed E-state index contributed by atoms with van der Waals surface area (Å²) < 4.78 is 18.7. The standard InChI is InChI=1S/C14H19FN2O3/c1-9(2)20-8-14(10-4-6-11(15)7-5-10)12(18)17(3)13(19)16-14/h4-7,9,12,18H,8H2,1-3H3,(H,16,19)/t12?,14-/m1/s1. The van der Waals surface area contributed by atoms with E-state index < -0.39 is 17.8 Å². The topological polar surface area (TPSA) is 61.8 Å². The zero-order valence-electron chi connectivity index (χ0n) is 11.8. The minimum absolute atomic E-state index is 0.0534. The number of urea groups is 1. The Balaban J connectivity index is 2.39. The molecule has 1 heterocycles. The lowest BCUT2D eigenvalue weighted by atomic mass is 9.89. The lowest BCUT2D eigenvalue weighted by molar-refractivity contribution is -0.0479. The van der Waals surface area contributed by atoms with E-state index in [-0.39, 0.29) is 18.5 Å². The number of hydrogen-bond acceptors (Lipinski definition) is 3. The molecule has 2 rings (SSSR count). The summed E-state index contributed by atoms with van der Waals surface area (Å²) in [5.41, 5.74) is -0.492. The van der Waals surface area contributed by atoms with Gasteiger partial charge in [-0.1, -0.05) is 12.1 Å². The van der Waals surface area contributed by atoms with Crippen LogP contribution < -0.4 is 5.32 Å². The van der Waals surface area contributed by atoms with Crippen molar-refractivity contribution in [1.29, 1.82) is 0 Å². The van der Waals surface area contributed by atoms with Crippen LogP contribution in [0, 0.1) is 5.82 Å². The second kappa shape index (κ2) is 5.38. The average Bonchev–Trinajstić information content (AvgIpc) is 2.63. The number of amides is 2. The van der Waals surface area contributed by atoms with Gasteiger partial charge in [0.25, 0.3) is 0 Å². The Hall–Kier alpha value is -1.66. The van der Waals surface area contributed by atoms with Gasteiger partial charge in [0.05, 0.1) is 12.7 Å². The lowest BCUT2D eigenvalue weighted by Crippen LogP contribution is -2.51. The SMILES string of the molecule is CC(C)OC[C@]1(c2ccc(F)cc2)NC(=O)N(C)C1O. The van der Waals surface area contributed by atoms with Crippen LogP contribution in [0.4, 0.5) is 9.18 Å². The zero-order chi connectivity index (χ0) is 14.9. The van der Waals surface area contributed by atoms with Crippen molar-refractivity contribution < 1.29 is 19.0 Å². The second-order valence-corrected chi connectivity index (χ2v) is 5.25. The lowest BCUT2D eigenvalue weighted by Gasteiger charge is -2.33. The highest BCUT2D eigenvalue weighted by Gasteiger charge is 2.51. The highest BCUT2D eigenvalue weighted by molar-refractivity contribution is 5.78. The summed E-state index contributed by atoms with van der Waals surface area (Å²) in [6.45, 7) is 3.84. The molecule has 0 saturated carbocycles. The Morgan fingerprint density at radius 3 is 2.50 bits per heavy atom. The maximum absolute atomic E-state index is 13.1. The maximum atomic E-state index is 13.1. The van der Waals surface area contributed by atoms with Crippen molar-refractivity contribution in [2.45, 2.75) is 31.7 Å². The van der Waals surface area contributed by atoms with Crippen LogP contribution in [0.15, 0.2) is 24.3 Å². The van der Waals surface area contributed by atoms with Crippen molar-refractivity contribution in [3.05, 3.63) is 35.6 Å². The quantitative estimate of drug-likeness (QED) is 0.878. The van der Waals surface area contributed by atoms with Crippen LogP contribution in [-0.2, 0) is 10.3 Å². The van der Waals surface area contributed by atoms with E-state index in [9.17, 15) is 14.3 Å². The molecule has 2 atom stereocenters. The predicted molar refractivity (Wildman–Crippen MR) is 71.5 cm³/mol. The summed E-state index contributed by atoms with van der Waals surface area (Å²) >= 11 is 0. The highest BCUT2D eigenvalue weighted by atomic mass is 19.1. The number of benzene rings is 1. The third-order valence-corrected chi connectivity index (χ3v) is 3.46. The molecule has 0 aliphatic carbocycles. The zero-order valence-corrected chi connectivity index (χ0v) is 11.8. The normalized spacial score (nSPS) is 26.2. The molecule has 110 valence electrons. The van der Waals surface area contributed by atoms with E-state index in [0.717, 1.165) is 0 Å². The number of nitrogens with zero attached hydrogens (tertiary/aromatic N) is 1. The Kier molecular flexibility index (Phi) is 3.96. The molecule has 1 fully saturated rings. The number of nitrogens with one attached hydrogen (secondary N) is 1.